The minimum Gasteiger partial charge on any atom is -0.321 e. The summed E-state index contributed by atoms with van der Waals surface area (Å²) in [6.45, 7) is 4.14. The molecule has 3 heteroatoms. The van der Waals surface area contributed by atoms with Crippen LogP contribution in [0.3, 0.4) is 0 Å². The van der Waals surface area contributed by atoms with Gasteiger partial charge < -0.3 is 5.73 Å². The lowest BCUT2D eigenvalue weighted by molar-refractivity contribution is 0.0952. The summed E-state index contributed by atoms with van der Waals surface area (Å²) in [5.41, 5.74) is 6.67. The highest BCUT2D eigenvalue weighted by Gasteiger charge is 2.18. The molecule has 0 aliphatic heterocycles. The molecule has 3 nitrogen and oxygen atoms in total. The molecule has 0 aliphatic carbocycles. The molecular weight excluding hydrogens is 224 g/mol. The van der Waals surface area contributed by atoms with Gasteiger partial charge in [-0.1, -0.05) is 32.0 Å². The summed E-state index contributed by atoms with van der Waals surface area (Å²) in [5, 5.41) is 1.90. The average Bonchev–Trinajstić information content (AvgIpc) is 2.36. The Morgan fingerprint density at radius 2 is 2.11 bits per heavy atom. The number of hydrogen-bond acceptors (Lipinski definition) is 3. The fourth-order valence-electron chi connectivity index (χ4n) is 2.15. The third-order valence-corrected chi connectivity index (χ3v) is 3.01. The lowest BCUT2D eigenvalue weighted by Crippen LogP contribution is -2.32. The smallest absolute Gasteiger partial charge is 0.180 e. The van der Waals surface area contributed by atoms with Crippen molar-refractivity contribution in [1.82, 2.24) is 4.98 Å². The normalized spacial score (nSPS) is 12.9. The molecule has 0 amide bonds. The van der Waals surface area contributed by atoms with Crippen LogP contribution in [0.1, 0.15) is 30.6 Å². The molecule has 2 N–H and O–H groups in total. The number of fused-ring (bicyclic) bond motifs is 1. The molecule has 0 saturated carbocycles. The van der Waals surface area contributed by atoms with Crippen molar-refractivity contribution in [3.8, 4) is 0 Å². The first kappa shape index (κ1) is 12.7. The Bertz CT molecular complexity index is 558. The van der Waals surface area contributed by atoms with E-state index >= 15 is 0 Å². The van der Waals surface area contributed by atoms with E-state index in [1.807, 2.05) is 24.3 Å². The second-order valence-corrected chi connectivity index (χ2v) is 5.00. The highest BCUT2D eigenvalue weighted by molar-refractivity contribution is 6.10. The molecule has 0 aliphatic rings. The number of hydrogen-bond donors (Lipinski definition) is 1. The average molecular weight is 242 g/mol. The number of aromatic nitrogens is 1. The molecule has 0 spiro atoms. The molecule has 94 valence electrons. The third-order valence-electron chi connectivity index (χ3n) is 3.01. The van der Waals surface area contributed by atoms with Crippen molar-refractivity contribution in [2.75, 3.05) is 0 Å². The Hall–Kier alpha value is -1.74. The molecule has 0 saturated heterocycles. The molecule has 18 heavy (non-hydrogen) atoms. The second kappa shape index (κ2) is 5.27. The Balaban J connectivity index is 2.39. The van der Waals surface area contributed by atoms with Crippen LogP contribution in [0.4, 0.5) is 0 Å². The zero-order valence-electron chi connectivity index (χ0n) is 10.8. The van der Waals surface area contributed by atoms with Gasteiger partial charge in [0, 0.05) is 23.3 Å². The predicted octanol–water partition coefficient (Wildman–Crippen LogP) is 2.79. The van der Waals surface area contributed by atoms with Gasteiger partial charge in [0.15, 0.2) is 5.78 Å². The number of benzene rings is 1. The van der Waals surface area contributed by atoms with Gasteiger partial charge in [-0.3, -0.25) is 9.78 Å². The van der Waals surface area contributed by atoms with E-state index in [0.29, 0.717) is 17.9 Å². The maximum absolute atomic E-state index is 12.3. The molecule has 1 aromatic heterocycles. The first-order valence-corrected chi connectivity index (χ1v) is 6.22. The van der Waals surface area contributed by atoms with Crippen LogP contribution < -0.4 is 5.73 Å². The van der Waals surface area contributed by atoms with E-state index in [1.165, 1.54) is 0 Å². The molecule has 0 radical (unpaired) electrons. The number of ketones is 1. The predicted molar refractivity (Wildman–Crippen MR) is 73.5 cm³/mol. The van der Waals surface area contributed by atoms with Crippen molar-refractivity contribution in [1.29, 1.82) is 0 Å². The molecule has 2 aromatic rings. The molecule has 0 fully saturated rings. The van der Waals surface area contributed by atoms with E-state index in [4.69, 9.17) is 5.73 Å². The fourth-order valence-corrected chi connectivity index (χ4v) is 2.15. The Kier molecular flexibility index (Phi) is 3.72. The van der Waals surface area contributed by atoms with Crippen LogP contribution in [0, 0.1) is 5.92 Å². The second-order valence-electron chi connectivity index (χ2n) is 5.00. The minimum atomic E-state index is -0.427. The van der Waals surface area contributed by atoms with Crippen LogP contribution in [0.15, 0.2) is 36.7 Å². The molecule has 1 atom stereocenters. The van der Waals surface area contributed by atoms with E-state index in [-0.39, 0.29) is 5.78 Å². The zero-order valence-corrected chi connectivity index (χ0v) is 10.8. The van der Waals surface area contributed by atoms with Crippen LogP contribution in [-0.2, 0) is 0 Å². The molecular formula is C15H18N2O. The van der Waals surface area contributed by atoms with Gasteiger partial charge in [-0.05, 0) is 23.8 Å². The van der Waals surface area contributed by atoms with Crippen molar-refractivity contribution >= 4 is 16.6 Å². The zero-order chi connectivity index (χ0) is 13.1. The lowest BCUT2D eigenvalue weighted by atomic mass is 9.94. The molecule has 1 heterocycles. The van der Waals surface area contributed by atoms with Gasteiger partial charge in [0.05, 0.1) is 6.04 Å². The number of rotatable bonds is 4. The van der Waals surface area contributed by atoms with E-state index in [0.717, 1.165) is 10.8 Å². The largest absolute Gasteiger partial charge is 0.321 e. The van der Waals surface area contributed by atoms with E-state index in [1.54, 1.807) is 12.4 Å². The van der Waals surface area contributed by atoms with E-state index in [9.17, 15) is 4.79 Å². The number of nitrogens with zero attached hydrogens (tertiary/aromatic N) is 1. The van der Waals surface area contributed by atoms with Crippen LogP contribution in [0.5, 0.6) is 0 Å². The molecule has 1 unspecified atom stereocenters. The third kappa shape index (κ3) is 2.57. The van der Waals surface area contributed by atoms with Gasteiger partial charge in [-0.2, -0.15) is 0 Å². The standard InChI is InChI=1S/C15H18N2O/c1-10(2)8-14(16)15(18)13-5-3-4-11-9-17-7-6-12(11)13/h3-7,9-10,14H,8,16H2,1-2H3. The summed E-state index contributed by atoms with van der Waals surface area (Å²) in [5.74, 6) is 0.432. The van der Waals surface area contributed by atoms with Gasteiger partial charge in [-0.25, -0.2) is 0 Å². The fraction of sp³-hybridized carbons (Fsp3) is 0.333. The van der Waals surface area contributed by atoms with Crippen molar-refractivity contribution in [2.24, 2.45) is 11.7 Å². The molecule has 2 rings (SSSR count). The van der Waals surface area contributed by atoms with E-state index < -0.39 is 6.04 Å². The Labute approximate surface area is 107 Å². The summed E-state index contributed by atoms with van der Waals surface area (Å²) >= 11 is 0. The van der Waals surface area contributed by atoms with Crippen LogP contribution >= 0.6 is 0 Å². The molecule has 0 bridgehead atoms. The topological polar surface area (TPSA) is 56.0 Å². The molecule has 1 aromatic carbocycles. The minimum absolute atomic E-state index is 0.0144. The van der Waals surface area contributed by atoms with Gasteiger partial charge in [0.25, 0.3) is 0 Å². The first-order chi connectivity index (χ1) is 8.59. The van der Waals surface area contributed by atoms with Crippen LogP contribution in [-0.4, -0.2) is 16.8 Å². The highest BCUT2D eigenvalue weighted by Crippen LogP contribution is 2.20. The van der Waals surface area contributed by atoms with Gasteiger partial charge >= 0.3 is 0 Å². The van der Waals surface area contributed by atoms with Crippen molar-refractivity contribution < 1.29 is 4.79 Å². The van der Waals surface area contributed by atoms with Gasteiger partial charge in [0.2, 0.25) is 0 Å². The van der Waals surface area contributed by atoms with Crippen LogP contribution in [0.2, 0.25) is 0 Å². The maximum Gasteiger partial charge on any atom is 0.180 e. The highest BCUT2D eigenvalue weighted by atomic mass is 16.1. The van der Waals surface area contributed by atoms with Crippen molar-refractivity contribution in [2.45, 2.75) is 26.3 Å². The summed E-state index contributed by atoms with van der Waals surface area (Å²) in [7, 11) is 0. The van der Waals surface area contributed by atoms with Crippen molar-refractivity contribution in [3.63, 3.8) is 0 Å². The lowest BCUT2D eigenvalue weighted by Gasteiger charge is -2.14. The monoisotopic (exact) mass is 242 g/mol. The Morgan fingerprint density at radius 3 is 2.83 bits per heavy atom. The number of pyridine rings is 1. The van der Waals surface area contributed by atoms with Gasteiger partial charge in [0.1, 0.15) is 0 Å². The first-order valence-electron chi connectivity index (χ1n) is 6.22. The van der Waals surface area contributed by atoms with Crippen LogP contribution in [0.25, 0.3) is 10.8 Å². The van der Waals surface area contributed by atoms with E-state index in [2.05, 4.69) is 18.8 Å². The number of carbonyl (C=O) groups is 1. The number of Topliss-reactive ketones (excluding diaryl/α,β-unsaturated/α-hetero) is 1. The quantitative estimate of drug-likeness (QED) is 0.839. The summed E-state index contributed by atoms with van der Waals surface area (Å²) in [4.78, 5) is 16.4. The maximum atomic E-state index is 12.3. The SMILES string of the molecule is CC(C)CC(N)C(=O)c1cccc2cnccc12. The Morgan fingerprint density at radius 1 is 1.33 bits per heavy atom. The summed E-state index contributed by atoms with van der Waals surface area (Å²) < 4.78 is 0. The van der Waals surface area contributed by atoms with Gasteiger partial charge in [-0.15, -0.1) is 0 Å². The summed E-state index contributed by atoms with van der Waals surface area (Å²) in [6.07, 6.45) is 4.17. The number of carbonyl (C=O) groups excluding carboxylic acids is 1. The number of nitrogens with two attached hydrogens (primary N) is 1. The van der Waals surface area contributed by atoms with Crippen molar-refractivity contribution in [3.05, 3.63) is 42.2 Å². The summed E-state index contributed by atoms with van der Waals surface area (Å²) in [6, 6.07) is 7.10.